The number of ether oxygens (including phenoxy) is 1. The number of aryl methyl sites for hydroxylation is 1. The van der Waals surface area contributed by atoms with Crippen LogP contribution in [0.1, 0.15) is 76.7 Å². The van der Waals surface area contributed by atoms with Gasteiger partial charge in [-0.1, -0.05) is 31.4 Å². The van der Waals surface area contributed by atoms with E-state index in [0.29, 0.717) is 31.0 Å². The molecule has 1 aromatic carbocycles. The summed E-state index contributed by atoms with van der Waals surface area (Å²) in [5.41, 5.74) is 0.625. The van der Waals surface area contributed by atoms with Gasteiger partial charge in [0.05, 0.1) is 6.61 Å². The van der Waals surface area contributed by atoms with Gasteiger partial charge in [0.2, 0.25) is 11.8 Å². The molecule has 0 bridgehead atoms. The lowest BCUT2D eigenvalue weighted by Crippen LogP contribution is -2.51. The van der Waals surface area contributed by atoms with Gasteiger partial charge < -0.3 is 14.5 Å². The van der Waals surface area contributed by atoms with Crippen LogP contribution >= 0.6 is 11.6 Å². The van der Waals surface area contributed by atoms with E-state index in [4.69, 9.17) is 16.3 Å². The Morgan fingerprint density at radius 1 is 1.03 bits per heavy atom. The number of piperidine rings is 2. The molecule has 2 heterocycles. The van der Waals surface area contributed by atoms with Crippen LogP contribution in [0.3, 0.4) is 0 Å². The van der Waals surface area contributed by atoms with Gasteiger partial charge in [-0.05, 0) is 69.2 Å². The molecule has 0 saturated carbocycles. The van der Waals surface area contributed by atoms with Crippen LogP contribution in [0.5, 0.6) is 5.75 Å². The number of rotatable bonds is 9. The molecule has 0 unspecified atom stereocenters. The third-order valence-electron chi connectivity index (χ3n) is 6.92. The van der Waals surface area contributed by atoms with Crippen molar-refractivity contribution < 1.29 is 14.3 Å². The molecule has 5 nitrogen and oxygen atoms in total. The maximum Gasteiger partial charge on any atom is 0.223 e. The zero-order valence-corrected chi connectivity index (χ0v) is 20.6. The van der Waals surface area contributed by atoms with Crippen molar-refractivity contribution in [1.29, 1.82) is 0 Å². The van der Waals surface area contributed by atoms with Gasteiger partial charge in [0, 0.05) is 49.5 Å². The van der Waals surface area contributed by atoms with Gasteiger partial charge in [0.1, 0.15) is 5.75 Å². The summed E-state index contributed by atoms with van der Waals surface area (Å²) in [6.45, 7) is 7.64. The van der Waals surface area contributed by atoms with Gasteiger partial charge in [-0.15, -0.1) is 0 Å². The van der Waals surface area contributed by atoms with Crippen LogP contribution in [-0.2, 0) is 9.59 Å². The summed E-state index contributed by atoms with van der Waals surface area (Å²) in [7, 11) is 0. The van der Waals surface area contributed by atoms with E-state index in [9.17, 15) is 9.59 Å². The van der Waals surface area contributed by atoms with Crippen LogP contribution in [0.4, 0.5) is 0 Å². The zero-order valence-electron chi connectivity index (χ0n) is 19.8. The zero-order chi connectivity index (χ0) is 23.0. The molecule has 178 valence electrons. The summed E-state index contributed by atoms with van der Waals surface area (Å²) in [4.78, 5) is 30.1. The van der Waals surface area contributed by atoms with Gasteiger partial charge in [0.25, 0.3) is 0 Å². The molecule has 0 aliphatic carbocycles. The van der Waals surface area contributed by atoms with Crippen molar-refractivity contribution in [3.05, 3.63) is 28.8 Å². The van der Waals surface area contributed by atoms with E-state index in [-0.39, 0.29) is 17.2 Å². The fraction of sp³-hybridized carbons (Fsp3) is 0.692. The van der Waals surface area contributed by atoms with Crippen molar-refractivity contribution in [3.63, 3.8) is 0 Å². The first-order valence-corrected chi connectivity index (χ1v) is 12.7. The smallest absolute Gasteiger partial charge is 0.223 e. The Bertz CT molecular complexity index is 778. The summed E-state index contributed by atoms with van der Waals surface area (Å²) >= 11 is 6.17. The lowest BCUT2D eigenvalue weighted by atomic mass is 9.77. The molecule has 0 N–H and O–H groups in total. The number of nitrogens with zero attached hydrogens (tertiary/aromatic N) is 2. The molecule has 3 rings (SSSR count). The molecule has 2 aliphatic rings. The fourth-order valence-electron chi connectivity index (χ4n) is 4.94. The minimum atomic E-state index is -0.346. The third-order valence-corrected chi connectivity index (χ3v) is 7.34. The number of carbonyl (C=O) groups is 2. The van der Waals surface area contributed by atoms with E-state index in [0.717, 1.165) is 75.9 Å². The summed E-state index contributed by atoms with van der Waals surface area (Å²) < 4.78 is 6.23. The van der Waals surface area contributed by atoms with Crippen molar-refractivity contribution in [2.24, 2.45) is 5.41 Å². The quantitative estimate of drug-likeness (QED) is 0.447. The summed E-state index contributed by atoms with van der Waals surface area (Å²) in [6.07, 6.45) is 9.35. The highest BCUT2D eigenvalue weighted by Gasteiger charge is 2.40. The molecule has 1 atom stereocenters. The number of carbonyl (C=O) groups excluding carboxylic acids is 2. The van der Waals surface area contributed by atoms with Crippen LogP contribution in [-0.4, -0.2) is 54.4 Å². The van der Waals surface area contributed by atoms with E-state index < -0.39 is 0 Å². The standard InChI is InChI=1S/C26H39ClN2O3/c1-3-4-6-10-24(30)29-16-9-13-26(19-29,18-25(31)28-14-7-5-8-15-28)20-32-22-11-12-23(27)21(2)17-22/h11-12,17H,3-10,13-16,18-20H2,1-2H3/t26-/m0/s1. The maximum absolute atomic E-state index is 13.2. The lowest BCUT2D eigenvalue weighted by Gasteiger charge is -2.43. The van der Waals surface area contributed by atoms with Crippen LogP contribution in [0.25, 0.3) is 0 Å². The minimum absolute atomic E-state index is 0.209. The summed E-state index contributed by atoms with van der Waals surface area (Å²) in [5, 5.41) is 0.717. The molecule has 32 heavy (non-hydrogen) atoms. The van der Waals surface area contributed by atoms with Gasteiger partial charge >= 0.3 is 0 Å². The van der Waals surface area contributed by atoms with Crippen molar-refractivity contribution in [2.45, 2.75) is 78.1 Å². The number of benzene rings is 1. The molecule has 1 aromatic rings. The maximum atomic E-state index is 13.2. The summed E-state index contributed by atoms with van der Waals surface area (Å²) in [6, 6.07) is 5.67. The Morgan fingerprint density at radius 3 is 2.50 bits per heavy atom. The molecule has 0 radical (unpaired) electrons. The highest BCUT2D eigenvalue weighted by Crippen LogP contribution is 2.36. The van der Waals surface area contributed by atoms with Crippen molar-refractivity contribution in [3.8, 4) is 5.75 Å². The first-order valence-electron chi connectivity index (χ1n) is 12.4. The number of unbranched alkanes of at least 4 members (excludes halogenated alkanes) is 2. The van der Waals surface area contributed by atoms with E-state index in [1.54, 1.807) is 0 Å². The molecular formula is C26H39ClN2O3. The fourth-order valence-corrected chi connectivity index (χ4v) is 5.06. The Labute approximate surface area is 198 Å². The Morgan fingerprint density at radius 2 is 1.78 bits per heavy atom. The van der Waals surface area contributed by atoms with Gasteiger partial charge in [0.15, 0.2) is 0 Å². The van der Waals surface area contributed by atoms with Gasteiger partial charge in [-0.25, -0.2) is 0 Å². The van der Waals surface area contributed by atoms with Crippen LogP contribution in [0.15, 0.2) is 18.2 Å². The van der Waals surface area contributed by atoms with E-state index >= 15 is 0 Å². The highest BCUT2D eigenvalue weighted by molar-refractivity contribution is 6.31. The Balaban J connectivity index is 1.72. The summed E-state index contributed by atoms with van der Waals surface area (Å²) in [5.74, 6) is 1.19. The second kappa shape index (κ2) is 11.9. The Hall–Kier alpha value is -1.75. The number of hydrogen-bond acceptors (Lipinski definition) is 3. The molecule has 0 aromatic heterocycles. The number of likely N-dealkylation sites (tertiary alicyclic amines) is 2. The molecule has 2 amide bonds. The SMILES string of the molecule is CCCCCC(=O)N1CCC[C@](COc2ccc(Cl)c(C)c2)(CC(=O)N2CCCCC2)C1. The first kappa shape index (κ1) is 24.9. The van der Waals surface area contributed by atoms with E-state index in [1.165, 1.54) is 6.42 Å². The van der Waals surface area contributed by atoms with Crippen LogP contribution < -0.4 is 4.74 Å². The molecule has 6 heteroatoms. The molecule has 2 fully saturated rings. The van der Waals surface area contributed by atoms with Gasteiger partial charge in [-0.3, -0.25) is 9.59 Å². The number of halogens is 1. The largest absolute Gasteiger partial charge is 0.493 e. The second-order valence-electron chi connectivity index (χ2n) is 9.69. The third kappa shape index (κ3) is 6.87. The number of amides is 2. The van der Waals surface area contributed by atoms with Crippen LogP contribution in [0.2, 0.25) is 5.02 Å². The second-order valence-corrected chi connectivity index (χ2v) is 10.1. The van der Waals surface area contributed by atoms with E-state index in [2.05, 4.69) is 6.92 Å². The van der Waals surface area contributed by atoms with Crippen molar-refractivity contribution in [1.82, 2.24) is 9.80 Å². The van der Waals surface area contributed by atoms with E-state index in [1.807, 2.05) is 34.9 Å². The lowest BCUT2D eigenvalue weighted by molar-refractivity contribution is -0.142. The average Bonchev–Trinajstić information content (AvgIpc) is 2.81. The molecule has 2 saturated heterocycles. The first-order chi connectivity index (χ1) is 15.4. The number of hydrogen-bond donors (Lipinski definition) is 0. The molecule has 0 spiro atoms. The highest BCUT2D eigenvalue weighted by atomic mass is 35.5. The van der Waals surface area contributed by atoms with Crippen molar-refractivity contribution in [2.75, 3.05) is 32.8 Å². The predicted octanol–water partition coefficient (Wildman–Crippen LogP) is 5.62. The Kier molecular flexibility index (Phi) is 9.27. The predicted molar refractivity (Wildman–Crippen MR) is 129 cm³/mol. The van der Waals surface area contributed by atoms with Crippen molar-refractivity contribution >= 4 is 23.4 Å². The topological polar surface area (TPSA) is 49.9 Å². The molecule has 2 aliphatic heterocycles. The van der Waals surface area contributed by atoms with Crippen LogP contribution in [0, 0.1) is 12.3 Å². The van der Waals surface area contributed by atoms with Gasteiger partial charge in [-0.2, -0.15) is 0 Å². The monoisotopic (exact) mass is 462 g/mol. The molecular weight excluding hydrogens is 424 g/mol. The normalized spacial score (nSPS) is 21.5. The minimum Gasteiger partial charge on any atom is -0.493 e. The average molecular weight is 463 g/mol.